The Bertz CT molecular complexity index is 758. The van der Waals surface area contributed by atoms with E-state index in [-0.39, 0.29) is 0 Å². The second-order valence-electron chi connectivity index (χ2n) is 5.26. The van der Waals surface area contributed by atoms with E-state index in [0.29, 0.717) is 19.0 Å². The summed E-state index contributed by atoms with van der Waals surface area (Å²) >= 11 is 0. The number of aryl methyl sites for hydroxylation is 1. The lowest BCUT2D eigenvalue weighted by Gasteiger charge is -2.09. The van der Waals surface area contributed by atoms with Crippen molar-refractivity contribution in [1.29, 1.82) is 0 Å². The molecular weight excluding hydrogens is 286 g/mol. The van der Waals surface area contributed by atoms with Crippen LogP contribution in [0.25, 0.3) is 0 Å². The van der Waals surface area contributed by atoms with E-state index in [1.165, 1.54) is 11.1 Å². The van der Waals surface area contributed by atoms with Crippen molar-refractivity contribution in [2.24, 2.45) is 0 Å². The number of anilines is 2. The normalized spacial score (nSPS) is 10.3. The maximum atomic E-state index is 4.48. The van der Waals surface area contributed by atoms with Gasteiger partial charge in [0.15, 0.2) is 0 Å². The highest BCUT2D eigenvalue weighted by Crippen LogP contribution is 2.11. The predicted octanol–water partition coefficient (Wildman–Crippen LogP) is 3.40. The minimum Gasteiger partial charge on any atom is -0.366 e. The van der Waals surface area contributed by atoms with E-state index in [1.807, 2.05) is 36.5 Å². The zero-order valence-electron chi connectivity index (χ0n) is 13.0. The molecule has 2 heterocycles. The molecule has 0 saturated carbocycles. The second-order valence-corrected chi connectivity index (χ2v) is 5.26. The third-order valence-electron chi connectivity index (χ3n) is 3.55. The van der Waals surface area contributed by atoms with Gasteiger partial charge in [-0.3, -0.25) is 4.98 Å². The first-order valence-electron chi connectivity index (χ1n) is 7.55. The van der Waals surface area contributed by atoms with Crippen molar-refractivity contribution < 1.29 is 0 Å². The fourth-order valence-corrected chi connectivity index (χ4v) is 2.22. The smallest absolute Gasteiger partial charge is 0.224 e. The summed E-state index contributed by atoms with van der Waals surface area (Å²) in [7, 11) is 0. The predicted molar refractivity (Wildman–Crippen MR) is 92.1 cm³/mol. The lowest BCUT2D eigenvalue weighted by atomic mass is 10.1. The Morgan fingerprint density at radius 2 is 1.83 bits per heavy atom. The van der Waals surface area contributed by atoms with Gasteiger partial charge in [-0.15, -0.1) is 0 Å². The molecule has 0 radical (unpaired) electrons. The molecule has 0 aliphatic rings. The maximum absolute atomic E-state index is 4.48. The Morgan fingerprint density at radius 1 is 0.913 bits per heavy atom. The molecule has 116 valence electrons. The molecule has 0 atom stereocenters. The molecule has 0 bridgehead atoms. The van der Waals surface area contributed by atoms with Crippen LogP contribution in [0.5, 0.6) is 0 Å². The van der Waals surface area contributed by atoms with E-state index in [2.05, 4.69) is 44.6 Å². The molecular formula is C18H19N5. The van der Waals surface area contributed by atoms with Crippen LogP contribution in [0.1, 0.15) is 16.7 Å². The third-order valence-corrected chi connectivity index (χ3v) is 3.55. The molecule has 3 aromatic rings. The van der Waals surface area contributed by atoms with Gasteiger partial charge in [-0.05, 0) is 35.7 Å². The van der Waals surface area contributed by atoms with E-state index in [4.69, 9.17) is 0 Å². The van der Waals surface area contributed by atoms with Crippen molar-refractivity contribution in [3.05, 3.63) is 77.7 Å². The van der Waals surface area contributed by atoms with Crippen molar-refractivity contribution in [2.75, 3.05) is 10.6 Å². The topological polar surface area (TPSA) is 62.7 Å². The fraction of sp³-hybridized carbons (Fsp3) is 0.167. The summed E-state index contributed by atoms with van der Waals surface area (Å²) in [4.78, 5) is 12.8. The quantitative estimate of drug-likeness (QED) is 0.731. The number of aromatic nitrogens is 3. The summed E-state index contributed by atoms with van der Waals surface area (Å²) in [5, 5.41) is 6.55. The van der Waals surface area contributed by atoms with Crippen LogP contribution in [0.15, 0.2) is 61.1 Å². The van der Waals surface area contributed by atoms with Gasteiger partial charge in [-0.25, -0.2) is 4.98 Å². The van der Waals surface area contributed by atoms with Crippen molar-refractivity contribution in [1.82, 2.24) is 15.0 Å². The second kappa shape index (κ2) is 7.35. The summed E-state index contributed by atoms with van der Waals surface area (Å²) in [6.07, 6.45) is 5.35. The summed E-state index contributed by atoms with van der Waals surface area (Å²) in [5.74, 6) is 1.40. The minimum atomic E-state index is 0.615. The molecule has 1 aromatic carbocycles. The first-order valence-corrected chi connectivity index (χ1v) is 7.55. The van der Waals surface area contributed by atoms with Crippen LogP contribution in [-0.2, 0) is 13.1 Å². The lowest BCUT2D eigenvalue weighted by molar-refractivity contribution is 1.02. The molecule has 3 rings (SSSR count). The van der Waals surface area contributed by atoms with Crippen LogP contribution in [0, 0.1) is 6.92 Å². The van der Waals surface area contributed by atoms with Crippen molar-refractivity contribution in [3.8, 4) is 0 Å². The lowest BCUT2D eigenvalue weighted by Crippen LogP contribution is -2.07. The Labute approximate surface area is 135 Å². The van der Waals surface area contributed by atoms with Crippen LogP contribution in [0.2, 0.25) is 0 Å². The van der Waals surface area contributed by atoms with Crippen molar-refractivity contribution in [3.63, 3.8) is 0 Å². The molecule has 2 N–H and O–H groups in total. The maximum Gasteiger partial charge on any atom is 0.224 e. The zero-order valence-corrected chi connectivity index (χ0v) is 13.0. The Kier molecular flexibility index (Phi) is 4.79. The highest BCUT2D eigenvalue weighted by molar-refractivity contribution is 5.41. The minimum absolute atomic E-state index is 0.615. The van der Waals surface area contributed by atoms with Crippen molar-refractivity contribution >= 4 is 11.8 Å². The molecule has 0 amide bonds. The van der Waals surface area contributed by atoms with E-state index in [0.717, 1.165) is 11.4 Å². The highest BCUT2D eigenvalue weighted by Gasteiger charge is 2.01. The Hall–Kier alpha value is -2.95. The fourth-order valence-electron chi connectivity index (χ4n) is 2.22. The van der Waals surface area contributed by atoms with Gasteiger partial charge >= 0.3 is 0 Å². The molecule has 5 heteroatoms. The van der Waals surface area contributed by atoms with Crippen LogP contribution < -0.4 is 10.6 Å². The van der Waals surface area contributed by atoms with Crippen molar-refractivity contribution in [2.45, 2.75) is 20.0 Å². The Morgan fingerprint density at radius 3 is 2.65 bits per heavy atom. The summed E-state index contributed by atoms with van der Waals surface area (Å²) < 4.78 is 0. The van der Waals surface area contributed by atoms with E-state index in [9.17, 15) is 0 Å². The van der Waals surface area contributed by atoms with Gasteiger partial charge in [0.05, 0.1) is 0 Å². The van der Waals surface area contributed by atoms with Gasteiger partial charge in [0.1, 0.15) is 5.82 Å². The zero-order chi connectivity index (χ0) is 15.9. The number of benzene rings is 1. The molecule has 0 aliphatic carbocycles. The van der Waals surface area contributed by atoms with Gasteiger partial charge in [0, 0.05) is 31.7 Å². The van der Waals surface area contributed by atoms with Gasteiger partial charge in [0.2, 0.25) is 5.95 Å². The number of rotatable bonds is 6. The first-order chi connectivity index (χ1) is 11.3. The average Bonchev–Trinajstić information content (AvgIpc) is 2.61. The number of nitrogens with one attached hydrogen (secondary N) is 2. The van der Waals surface area contributed by atoms with Gasteiger partial charge in [-0.2, -0.15) is 4.98 Å². The van der Waals surface area contributed by atoms with Crippen LogP contribution in [-0.4, -0.2) is 15.0 Å². The average molecular weight is 305 g/mol. The molecule has 23 heavy (non-hydrogen) atoms. The molecule has 0 spiro atoms. The standard InChI is InChI=1S/C18H19N5/c1-14-5-2-3-7-16(14)13-22-18-20-10-8-17(23-18)21-12-15-6-4-9-19-11-15/h2-11H,12-13H2,1H3,(H2,20,21,22,23). The number of hydrogen-bond acceptors (Lipinski definition) is 5. The van der Waals surface area contributed by atoms with E-state index >= 15 is 0 Å². The molecule has 5 nitrogen and oxygen atoms in total. The van der Waals surface area contributed by atoms with E-state index in [1.54, 1.807) is 12.4 Å². The van der Waals surface area contributed by atoms with Gasteiger partial charge in [-0.1, -0.05) is 30.3 Å². The molecule has 2 aromatic heterocycles. The molecule has 0 fully saturated rings. The molecule has 0 unspecified atom stereocenters. The number of nitrogens with zero attached hydrogens (tertiary/aromatic N) is 3. The molecule has 0 aliphatic heterocycles. The summed E-state index contributed by atoms with van der Waals surface area (Å²) in [6, 6.07) is 14.1. The monoisotopic (exact) mass is 305 g/mol. The van der Waals surface area contributed by atoms with Crippen LogP contribution in [0.4, 0.5) is 11.8 Å². The van der Waals surface area contributed by atoms with Gasteiger partial charge < -0.3 is 10.6 Å². The van der Waals surface area contributed by atoms with Crippen LogP contribution in [0.3, 0.4) is 0 Å². The Balaban J connectivity index is 1.60. The number of hydrogen-bond donors (Lipinski definition) is 2. The molecule has 0 saturated heterocycles. The third kappa shape index (κ3) is 4.26. The van der Waals surface area contributed by atoms with Gasteiger partial charge in [0.25, 0.3) is 0 Å². The number of pyridine rings is 1. The van der Waals surface area contributed by atoms with Crippen LogP contribution >= 0.6 is 0 Å². The van der Waals surface area contributed by atoms with E-state index < -0.39 is 0 Å². The SMILES string of the molecule is Cc1ccccc1CNc1nccc(NCc2cccnc2)n1. The first kappa shape index (κ1) is 15.0. The highest BCUT2D eigenvalue weighted by atomic mass is 15.1. The largest absolute Gasteiger partial charge is 0.366 e. The summed E-state index contributed by atoms with van der Waals surface area (Å²) in [6.45, 7) is 3.49. The summed E-state index contributed by atoms with van der Waals surface area (Å²) in [5.41, 5.74) is 3.61.